The Morgan fingerprint density at radius 3 is 2.83 bits per heavy atom. The summed E-state index contributed by atoms with van der Waals surface area (Å²) in [6.45, 7) is 12.6. The number of ether oxygens (including phenoxy) is 1. The van der Waals surface area contributed by atoms with Crippen LogP contribution in [-0.4, -0.2) is 27.8 Å². The summed E-state index contributed by atoms with van der Waals surface area (Å²) in [7, 11) is 0. The first-order chi connectivity index (χ1) is 8.33. The molecule has 2 rings (SSSR count). The van der Waals surface area contributed by atoms with Crippen LogP contribution in [0.15, 0.2) is 12.5 Å². The Morgan fingerprint density at radius 2 is 2.28 bits per heavy atom. The minimum absolute atomic E-state index is 0.0331. The highest BCUT2D eigenvalue weighted by atomic mass is 16.5. The molecule has 1 aliphatic rings. The summed E-state index contributed by atoms with van der Waals surface area (Å²) in [5.41, 5.74) is 1.38. The monoisotopic (exact) mass is 251 g/mol. The third-order valence-corrected chi connectivity index (χ3v) is 3.92. The van der Waals surface area contributed by atoms with Gasteiger partial charge < -0.3 is 14.6 Å². The molecular weight excluding hydrogens is 226 g/mol. The predicted octanol–water partition coefficient (Wildman–Crippen LogP) is 2.30. The van der Waals surface area contributed by atoms with Gasteiger partial charge in [-0.15, -0.1) is 0 Å². The summed E-state index contributed by atoms with van der Waals surface area (Å²) in [5, 5.41) is 3.52. The van der Waals surface area contributed by atoms with Gasteiger partial charge in [-0.1, -0.05) is 0 Å². The van der Waals surface area contributed by atoms with E-state index in [0.717, 1.165) is 19.6 Å². The maximum atomic E-state index is 5.72. The van der Waals surface area contributed by atoms with E-state index in [1.807, 2.05) is 12.5 Å². The molecule has 1 fully saturated rings. The van der Waals surface area contributed by atoms with E-state index in [9.17, 15) is 0 Å². The minimum atomic E-state index is 0.0331. The Morgan fingerprint density at radius 1 is 1.56 bits per heavy atom. The highest BCUT2D eigenvalue weighted by molar-refractivity contribution is 5.07. The average Bonchev–Trinajstić information content (AvgIpc) is 2.84. The molecule has 1 N–H and O–H groups in total. The number of rotatable bonds is 3. The third kappa shape index (κ3) is 2.59. The number of nitrogens with zero attached hydrogens (tertiary/aromatic N) is 2. The van der Waals surface area contributed by atoms with Crippen molar-refractivity contribution in [3.05, 3.63) is 18.2 Å². The lowest BCUT2D eigenvalue weighted by atomic mass is 9.94. The van der Waals surface area contributed by atoms with Gasteiger partial charge in [-0.3, -0.25) is 0 Å². The van der Waals surface area contributed by atoms with Crippen molar-refractivity contribution in [3.63, 3.8) is 0 Å². The zero-order chi connectivity index (χ0) is 13.4. The molecule has 1 saturated heterocycles. The molecule has 4 nitrogen and oxygen atoms in total. The van der Waals surface area contributed by atoms with Crippen LogP contribution in [0.1, 0.15) is 46.7 Å². The molecule has 0 aliphatic carbocycles. The van der Waals surface area contributed by atoms with Crippen LogP contribution >= 0.6 is 0 Å². The van der Waals surface area contributed by atoms with Crippen molar-refractivity contribution in [2.24, 2.45) is 0 Å². The fraction of sp³-hybridized carbons (Fsp3) is 0.786. The summed E-state index contributed by atoms with van der Waals surface area (Å²) in [4.78, 5) is 4.31. The van der Waals surface area contributed by atoms with Crippen LogP contribution in [0.25, 0.3) is 0 Å². The molecule has 1 aliphatic heterocycles. The van der Waals surface area contributed by atoms with Gasteiger partial charge in [-0.05, 0) is 41.0 Å². The Labute approximate surface area is 110 Å². The fourth-order valence-electron chi connectivity index (χ4n) is 2.41. The van der Waals surface area contributed by atoms with E-state index < -0.39 is 0 Å². The van der Waals surface area contributed by atoms with Crippen molar-refractivity contribution < 1.29 is 4.74 Å². The summed E-state index contributed by atoms with van der Waals surface area (Å²) in [6, 6.07) is 0. The largest absolute Gasteiger partial charge is 0.376 e. The molecule has 1 aromatic heterocycles. The first-order valence-corrected chi connectivity index (χ1v) is 6.71. The molecule has 102 valence electrons. The van der Waals surface area contributed by atoms with E-state index in [1.54, 1.807) is 0 Å². The van der Waals surface area contributed by atoms with Crippen LogP contribution < -0.4 is 5.32 Å². The molecule has 1 aromatic rings. The summed E-state index contributed by atoms with van der Waals surface area (Å²) < 4.78 is 8.00. The van der Waals surface area contributed by atoms with Gasteiger partial charge in [0.1, 0.15) is 0 Å². The second-order valence-corrected chi connectivity index (χ2v) is 6.48. The van der Waals surface area contributed by atoms with Crippen molar-refractivity contribution in [1.29, 1.82) is 0 Å². The Balaban J connectivity index is 2.17. The molecule has 0 amide bonds. The van der Waals surface area contributed by atoms with E-state index in [4.69, 9.17) is 4.74 Å². The third-order valence-electron chi connectivity index (χ3n) is 3.92. The van der Waals surface area contributed by atoms with Gasteiger partial charge in [0.15, 0.2) is 0 Å². The molecular formula is C14H25N3O. The fourth-order valence-corrected chi connectivity index (χ4v) is 2.41. The predicted molar refractivity (Wildman–Crippen MR) is 72.5 cm³/mol. The number of hydrogen-bond acceptors (Lipinski definition) is 3. The zero-order valence-electron chi connectivity index (χ0n) is 12.2. The molecule has 2 heterocycles. The minimum Gasteiger partial charge on any atom is -0.376 e. The van der Waals surface area contributed by atoms with Gasteiger partial charge in [-0.2, -0.15) is 0 Å². The summed E-state index contributed by atoms with van der Waals surface area (Å²) >= 11 is 0. The topological polar surface area (TPSA) is 39.1 Å². The SMILES string of the molecule is CC1OCCC1(C)n1cncc1CNC(C)(C)C. The van der Waals surface area contributed by atoms with Crippen molar-refractivity contribution in [2.75, 3.05) is 6.61 Å². The Bertz CT molecular complexity index is 407. The molecule has 2 unspecified atom stereocenters. The molecule has 18 heavy (non-hydrogen) atoms. The lowest BCUT2D eigenvalue weighted by molar-refractivity contribution is 0.0746. The number of aromatic nitrogens is 2. The lowest BCUT2D eigenvalue weighted by Gasteiger charge is -2.32. The molecule has 2 atom stereocenters. The average molecular weight is 251 g/mol. The van der Waals surface area contributed by atoms with Gasteiger partial charge in [0.05, 0.1) is 23.7 Å². The second-order valence-electron chi connectivity index (χ2n) is 6.48. The van der Waals surface area contributed by atoms with Gasteiger partial charge >= 0.3 is 0 Å². The lowest BCUT2D eigenvalue weighted by Crippen LogP contribution is -2.40. The van der Waals surface area contributed by atoms with Gasteiger partial charge in [-0.25, -0.2) is 4.98 Å². The molecule has 0 aromatic carbocycles. The van der Waals surface area contributed by atoms with E-state index in [2.05, 4.69) is 49.5 Å². The summed E-state index contributed by atoms with van der Waals surface area (Å²) in [5.74, 6) is 0. The first-order valence-electron chi connectivity index (χ1n) is 6.71. The number of nitrogens with one attached hydrogen (secondary N) is 1. The van der Waals surface area contributed by atoms with Gasteiger partial charge in [0.25, 0.3) is 0 Å². The van der Waals surface area contributed by atoms with E-state index in [0.29, 0.717) is 0 Å². The summed E-state index contributed by atoms with van der Waals surface area (Å²) in [6.07, 6.45) is 5.17. The van der Waals surface area contributed by atoms with Gasteiger partial charge in [0, 0.05) is 24.9 Å². The quantitative estimate of drug-likeness (QED) is 0.896. The van der Waals surface area contributed by atoms with Crippen molar-refractivity contribution >= 4 is 0 Å². The zero-order valence-corrected chi connectivity index (χ0v) is 12.2. The van der Waals surface area contributed by atoms with E-state index >= 15 is 0 Å². The van der Waals surface area contributed by atoms with Crippen LogP contribution in [0.2, 0.25) is 0 Å². The van der Waals surface area contributed by atoms with Crippen LogP contribution in [0.4, 0.5) is 0 Å². The smallest absolute Gasteiger partial charge is 0.0954 e. The highest BCUT2D eigenvalue weighted by Crippen LogP contribution is 2.33. The Hall–Kier alpha value is -0.870. The number of hydrogen-bond donors (Lipinski definition) is 1. The van der Waals surface area contributed by atoms with Crippen molar-refractivity contribution in [1.82, 2.24) is 14.9 Å². The number of imidazole rings is 1. The first kappa shape index (κ1) is 13.6. The Kier molecular flexibility index (Phi) is 3.52. The molecule has 0 bridgehead atoms. The van der Waals surface area contributed by atoms with Crippen LogP contribution in [0.3, 0.4) is 0 Å². The second kappa shape index (κ2) is 4.67. The van der Waals surface area contributed by atoms with Crippen LogP contribution in [0.5, 0.6) is 0 Å². The maximum Gasteiger partial charge on any atom is 0.0954 e. The van der Waals surface area contributed by atoms with Crippen molar-refractivity contribution in [3.8, 4) is 0 Å². The van der Waals surface area contributed by atoms with Crippen molar-refractivity contribution in [2.45, 2.75) is 64.8 Å². The molecule has 0 radical (unpaired) electrons. The standard InChI is InChI=1S/C14H25N3O/c1-11-14(5,6-7-18-11)17-10-15-8-12(17)9-16-13(2,3)4/h8,10-11,16H,6-7,9H2,1-5H3. The van der Waals surface area contributed by atoms with Crippen LogP contribution in [-0.2, 0) is 16.8 Å². The molecule has 4 heteroatoms. The maximum absolute atomic E-state index is 5.72. The van der Waals surface area contributed by atoms with Crippen LogP contribution in [0, 0.1) is 0 Å². The highest BCUT2D eigenvalue weighted by Gasteiger charge is 2.39. The molecule has 0 spiro atoms. The normalized spacial score (nSPS) is 28.8. The van der Waals surface area contributed by atoms with E-state index in [-0.39, 0.29) is 17.2 Å². The molecule has 0 saturated carbocycles. The van der Waals surface area contributed by atoms with E-state index in [1.165, 1.54) is 5.69 Å². The van der Waals surface area contributed by atoms with Gasteiger partial charge in [0.2, 0.25) is 0 Å².